The van der Waals surface area contributed by atoms with Crippen LogP contribution in [0.2, 0.25) is 0 Å². The SMILES string of the molecule is CCc1ccc(NC(=O)c2ccc(CN3CCCCCC3)cc2)cc1. The van der Waals surface area contributed by atoms with E-state index in [2.05, 4.69) is 41.4 Å². The van der Waals surface area contributed by atoms with Gasteiger partial charge in [0.25, 0.3) is 5.91 Å². The Hall–Kier alpha value is -2.13. The molecule has 2 aromatic carbocycles. The fourth-order valence-electron chi connectivity index (χ4n) is 3.34. The summed E-state index contributed by atoms with van der Waals surface area (Å²) >= 11 is 0. The van der Waals surface area contributed by atoms with Crippen LogP contribution < -0.4 is 5.32 Å². The molecule has 25 heavy (non-hydrogen) atoms. The van der Waals surface area contributed by atoms with E-state index in [4.69, 9.17) is 0 Å². The van der Waals surface area contributed by atoms with Crippen LogP contribution in [0.3, 0.4) is 0 Å². The molecule has 3 heteroatoms. The largest absolute Gasteiger partial charge is 0.322 e. The fraction of sp³-hybridized carbons (Fsp3) is 0.409. The first-order chi connectivity index (χ1) is 12.2. The van der Waals surface area contributed by atoms with E-state index in [1.165, 1.54) is 49.9 Å². The predicted octanol–water partition coefficient (Wildman–Crippen LogP) is 4.88. The monoisotopic (exact) mass is 336 g/mol. The zero-order valence-corrected chi connectivity index (χ0v) is 15.1. The number of amides is 1. The summed E-state index contributed by atoms with van der Waals surface area (Å²) in [4.78, 5) is 14.9. The van der Waals surface area contributed by atoms with Crippen LogP contribution in [-0.2, 0) is 13.0 Å². The van der Waals surface area contributed by atoms with Crippen molar-refractivity contribution in [3.05, 3.63) is 65.2 Å². The number of hydrogen-bond acceptors (Lipinski definition) is 2. The van der Waals surface area contributed by atoms with E-state index < -0.39 is 0 Å². The summed E-state index contributed by atoms with van der Waals surface area (Å²) in [5.41, 5.74) is 4.11. The normalized spacial score (nSPS) is 15.6. The number of carbonyl (C=O) groups excluding carboxylic acids is 1. The maximum Gasteiger partial charge on any atom is 0.255 e. The minimum Gasteiger partial charge on any atom is -0.322 e. The van der Waals surface area contributed by atoms with Crippen LogP contribution in [0.25, 0.3) is 0 Å². The summed E-state index contributed by atoms with van der Waals surface area (Å²) in [7, 11) is 0. The molecule has 3 rings (SSSR count). The zero-order valence-electron chi connectivity index (χ0n) is 15.1. The minimum atomic E-state index is -0.0504. The van der Waals surface area contributed by atoms with Crippen molar-refractivity contribution in [1.29, 1.82) is 0 Å². The number of aryl methyl sites for hydroxylation is 1. The van der Waals surface area contributed by atoms with E-state index in [9.17, 15) is 4.79 Å². The second-order valence-corrected chi connectivity index (χ2v) is 6.89. The maximum atomic E-state index is 12.4. The van der Waals surface area contributed by atoms with Crippen LogP contribution in [0.15, 0.2) is 48.5 Å². The summed E-state index contributed by atoms with van der Waals surface area (Å²) in [6.07, 6.45) is 6.32. The summed E-state index contributed by atoms with van der Waals surface area (Å²) in [5.74, 6) is -0.0504. The summed E-state index contributed by atoms with van der Waals surface area (Å²) in [5, 5.41) is 2.97. The third-order valence-corrected chi connectivity index (χ3v) is 4.94. The van der Waals surface area contributed by atoms with Crippen LogP contribution in [0.5, 0.6) is 0 Å². The lowest BCUT2D eigenvalue weighted by Crippen LogP contribution is -2.24. The molecule has 0 spiro atoms. The third-order valence-electron chi connectivity index (χ3n) is 4.94. The van der Waals surface area contributed by atoms with Gasteiger partial charge < -0.3 is 5.32 Å². The molecule has 1 amide bonds. The first kappa shape index (κ1) is 17.7. The third kappa shape index (κ3) is 5.17. The van der Waals surface area contributed by atoms with E-state index in [0.29, 0.717) is 5.56 Å². The number of hydrogen-bond donors (Lipinski definition) is 1. The Morgan fingerprint density at radius 3 is 2.08 bits per heavy atom. The van der Waals surface area contributed by atoms with Crippen LogP contribution in [0.1, 0.15) is 54.1 Å². The highest BCUT2D eigenvalue weighted by Gasteiger charge is 2.10. The highest BCUT2D eigenvalue weighted by Crippen LogP contribution is 2.15. The number of anilines is 1. The van der Waals surface area contributed by atoms with Gasteiger partial charge in [0.2, 0.25) is 0 Å². The van der Waals surface area contributed by atoms with Crippen molar-refractivity contribution < 1.29 is 4.79 Å². The molecular formula is C22H28N2O. The van der Waals surface area contributed by atoms with Crippen LogP contribution in [0, 0.1) is 0 Å². The van der Waals surface area contributed by atoms with Gasteiger partial charge in [-0.05, 0) is 67.7 Å². The Morgan fingerprint density at radius 2 is 1.48 bits per heavy atom. The van der Waals surface area contributed by atoms with Crippen molar-refractivity contribution in [3.8, 4) is 0 Å². The highest BCUT2D eigenvalue weighted by atomic mass is 16.1. The van der Waals surface area contributed by atoms with Crippen LogP contribution >= 0.6 is 0 Å². The fourth-order valence-corrected chi connectivity index (χ4v) is 3.34. The molecule has 1 saturated heterocycles. The number of rotatable bonds is 5. The number of likely N-dealkylation sites (tertiary alicyclic amines) is 1. The van der Waals surface area contributed by atoms with Crippen molar-refractivity contribution in [1.82, 2.24) is 4.90 Å². The second-order valence-electron chi connectivity index (χ2n) is 6.89. The number of nitrogens with one attached hydrogen (secondary N) is 1. The lowest BCUT2D eigenvalue weighted by Gasteiger charge is -2.19. The van der Waals surface area contributed by atoms with Crippen molar-refractivity contribution in [3.63, 3.8) is 0 Å². The van der Waals surface area contributed by atoms with Gasteiger partial charge in [-0.1, -0.05) is 44.0 Å². The lowest BCUT2D eigenvalue weighted by atomic mass is 10.1. The molecule has 0 unspecified atom stereocenters. The molecule has 132 valence electrons. The minimum absolute atomic E-state index is 0.0504. The van der Waals surface area contributed by atoms with Gasteiger partial charge in [-0.25, -0.2) is 0 Å². The lowest BCUT2D eigenvalue weighted by molar-refractivity contribution is 0.102. The van der Waals surface area contributed by atoms with Gasteiger partial charge in [0.1, 0.15) is 0 Å². The molecule has 1 fully saturated rings. The first-order valence-corrected chi connectivity index (χ1v) is 9.46. The van der Waals surface area contributed by atoms with Gasteiger partial charge in [0.15, 0.2) is 0 Å². The van der Waals surface area contributed by atoms with Crippen molar-refractivity contribution in [2.75, 3.05) is 18.4 Å². The standard InChI is InChI=1S/C22H28N2O/c1-2-18-9-13-21(14-10-18)23-22(25)20-11-7-19(8-12-20)17-24-15-5-3-4-6-16-24/h7-14H,2-6,15-17H2,1H3,(H,23,25). The molecule has 2 aromatic rings. The first-order valence-electron chi connectivity index (χ1n) is 9.46. The summed E-state index contributed by atoms with van der Waals surface area (Å²) in [6, 6.07) is 16.1. The molecule has 0 radical (unpaired) electrons. The second kappa shape index (κ2) is 8.82. The topological polar surface area (TPSA) is 32.3 Å². The van der Waals surface area contributed by atoms with Gasteiger partial charge in [-0.2, -0.15) is 0 Å². The van der Waals surface area contributed by atoms with E-state index in [0.717, 1.165) is 18.7 Å². The predicted molar refractivity (Wildman–Crippen MR) is 104 cm³/mol. The van der Waals surface area contributed by atoms with Gasteiger partial charge in [0, 0.05) is 17.8 Å². The number of benzene rings is 2. The molecule has 1 N–H and O–H groups in total. The molecular weight excluding hydrogens is 308 g/mol. The number of nitrogens with zero attached hydrogens (tertiary/aromatic N) is 1. The van der Waals surface area contributed by atoms with Gasteiger partial charge in [-0.15, -0.1) is 0 Å². The summed E-state index contributed by atoms with van der Waals surface area (Å²) < 4.78 is 0. The Morgan fingerprint density at radius 1 is 0.880 bits per heavy atom. The van der Waals surface area contributed by atoms with E-state index in [1.54, 1.807) is 0 Å². The Kier molecular flexibility index (Phi) is 6.24. The van der Waals surface area contributed by atoms with Gasteiger partial charge in [0.05, 0.1) is 0 Å². The van der Waals surface area contributed by atoms with E-state index in [1.807, 2.05) is 24.3 Å². The molecule has 1 aliphatic heterocycles. The average Bonchev–Trinajstić information content (AvgIpc) is 2.91. The van der Waals surface area contributed by atoms with Gasteiger partial charge in [-0.3, -0.25) is 9.69 Å². The zero-order chi connectivity index (χ0) is 17.5. The molecule has 0 saturated carbocycles. The average molecular weight is 336 g/mol. The molecule has 0 aliphatic carbocycles. The summed E-state index contributed by atoms with van der Waals surface area (Å²) in [6.45, 7) is 5.49. The molecule has 1 aliphatic rings. The molecule has 3 nitrogen and oxygen atoms in total. The Labute approximate surface area is 151 Å². The van der Waals surface area contributed by atoms with Gasteiger partial charge >= 0.3 is 0 Å². The molecule has 0 aromatic heterocycles. The van der Waals surface area contributed by atoms with Crippen molar-refractivity contribution in [2.24, 2.45) is 0 Å². The Balaban J connectivity index is 1.57. The molecule has 0 atom stereocenters. The molecule has 0 bridgehead atoms. The van der Waals surface area contributed by atoms with E-state index >= 15 is 0 Å². The van der Waals surface area contributed by atoms with Crippen molar-refractivity contribution >= 4 is 11.6 Å². The molecule has 1 heterocycles. The highest BCUT2D eigenvalue weighted by molar-refractivity contribution is 6.04. The number of carbonyl (C=O) groups is 1. The smallest absolute Gasteiger partial charge is 0.255 e. The van der Waals surface area contributed by atoms with Crippen LogP contribution in [0.4, 0.5) is 5.69 Å². The van der Waals surface area contributed by atoms with Crippen LogP contribution in [-0.4, -0.2) is 23.9 Å². The van der Waals surface area contributed by atoms with E-state index in [-0.39, 0.29) is 5.91 Å². The van der Waals surface area contributed by atoms with Crippen molar-refractivity contribution in [2.45, 2.75) is 45.6 Å². The quantitative estimate of drug-likeness (QED) is 0.844. The maximum absolute atomic E-state index is 12.4. The Bertz CT molecular complexity index is 668.